The van der Waals surface area contributed by atoms with Gasteiger partial charge >= 0.3 is 5.97 Å². The third-order valence-electron chi connectivity index (χ3n) is 2.49. The maximum atomic E-state index is 11.4. The summed E-state index contributed by atoms with van der Waals surface area (Å²) in [5, 5.41) is 0. The second kappa shape index (κ2) is 5.12. The number of hydrogen-bond donors (Lipinski definition) is 1. The first-order valence-electron chi connectivity index (χ1n) is 5.47. The quantitative estimate of drug-likeness (QED) is 0.792. The number of benzene rings is 1. The lowest BCUT2D eigenvalue weighted by atomic mass is 9.89. The largest absolute Gasteiger partial charge is 0.466 e. The van der Waals surface area contributed by atoms with Crippen LogP contribution in [0.3, 0.4) is 0 Å². The summed E-state index contributed by atoms with van der Waals surface area (Å²) in [6.07, 6.45) is 0.199. The molecule has 0 aliphatic heterocycles. The summed E-state index contributed by atoms with van der Waals surface area (Å²) in [6.45, 7) is 6.03. The molecule has 3 nitrogen and oxygen atoms in total. The Kier molecular flexibility index (Phi) is 4.07. The van der Waals surface area contributed by atoms with Crippen molar-refractivity contribution in [3.05, 3.63) is 35.4 Å². The smallest absolute Gasteiger partial charge is 0.307 e. The fourth-order valence-corrected chi connectivity index (χ4v) is 1.61. The van der Waals surface area contributed by atoms with Crippen LogP contribution in [0.1, 0.15) is 31.4 Å². The van der Waals surface area contributed by atoms with E-state index in [0.29, 0.717) is 6.61 Å². The summed E-state index contributed by atoms with van der Waals surface area (Å²) in [7, 11) is 0. The van der Waals surface area contributed by atoms with Crippen LogP contribution in [-0.4, -0.2) is 12.6 Å². The molecule has 0 aliphatic rings. The molecule has 1 atom stereocenters. The number of hydrogen-bond acceptors (Lipinski definition) is 3. The minimum absolute atomic E-state index is 0.199. The van der Waals surface area contributed by atoms with Gasteiger partial charge in [-0.1, -0.05) is 29.8 Å². The Hall–Kier alpha value is -1.35. The second-order valence-electron chi connectivity index (χ2n) is 4.27. The number of ether oxygens (including phenoxy) is 1. The molecule has 88 valence electrons. The van der Waals surface area contributed by atoms with Crippen LogP contribution in [0.15, 0.2) is 24.3 Å². The van der Waals surface area contributed by atoms with E-state index in [1.54, 1.807) is 6.92 Å². The summed E-state index contributed by atoms with van der Waals surface area (Å²) >= 11 is 0. The van der Waals surface area contributed by atoms with Crippen molar-refractivity contribution in [2.75, 3.05) is 6.61 Å². The summed E-state index contributed by atoms with van der Waals surface area (Å²) in [4.78, 5) is 11.4. The Morgan fingerprint density at radius 3 is 2.75 bits per heavy atom. The molecule has 3 heteroatoms. The lowest BCUT2D eigenvalue weighted by molar-refractivity contribution is -0.144. The van der Waals surface area contributed by atoms with Crippen LogP contribution < -0.4 is 5.73 Å². The van der Waals surface area contributed by atoms with Crippen molar-refractivity contribution in [1.29, 1.82) is 0 Å². The van der Waals surface area contributed by atoms with E-state index in [0.717, 1.165) is 11.1 Å². The fraction of sp³-hybridized carbons (Fsp3) is 0.462. The highest BCUT2D eigenvalue weighted by molar-refractivity contribution is 5.71. The zero-order chi connectivity index (χ0) is 12.2. The average molecular weight is 221 g/mol. The van der Waals surface area contributed by atoms with Crippen molar-refractivity contribution in [3.63, 3.8) is 0 Å². The van der Waals surface area contributed by atoms with Crippen molar-refractivity contribution in [1.82, 2.24) is 0 Å². The Balaban J connectivity index is 2.81. The maximum Gasteiger partial charge on any atom is 0.307 e. The molecule has 0 amide bonds. The van der Waals surface area contributed by atoms with Gasteiger partial charge in [0.1, 0.15) is 0 Å². The Labute approximate surface area is 96.6 Å². The maximum absolute atomic E-state index is 11.4. The predicted octanol–water partition coefficient (Wildman–Crippen LogP) is 2.12. The topological polar surface area (TPSA) is 52.3 Å². The zero-order valence-electron chi connectivity index (χ0n) is 10.1. The number of esters is 1. The molecule has 0 fully saturated rings. The number of rotatable bonds is 4. The Morgan fingerprint density at radius 2 is 2.19 bits per heavy atom. The molecule has 0 bridgehead atoms. The standard InChI is InChI=1S/C13H19NO2/c1-4-16-12(15)9-13(3,14)11-7-5-6-10(2)8-11/h5-8H,4,9,14H2,1-3H3. The van der Waals surface area contributed by atoms with Gasteiger partial charge in [0.2, 0.25) is 0 Å². The van der Waals surface area contributed by atoms with Crippen molar-refractivity contribution in [3.8, 4) is 0 Å². The molecular weight excluding hydrogens is 202 g/mol. The summed E-state index contributed by atoms with van der Waals surface area (Å²) in [5.41, 5.74) is 7.56. The molecule has 16 heavy (non-hydrogen) atoms. The molecule has 0 aliphatic carbocycles. The first kappa shape index (κ1) is 12.7. The van der Waals surface area contributed by atoms with Gasteiger partial charge in [-0.15, -0.1) is 0 Å². The third kappa shape index (κ3) is 3.35. The number of nitrogens with two attached hydrogens (primary N) is 1. The van der Waals surface area contributed by atoms with E-state index in [9.17, 15) is 4.79 Å². The highest BCUT2D eigenvalue weighted by Gasteiger charge is 2.25. The molecule has 0 heterocycles. The van der Waals surface area contributed by atoms with Gasteiger partial charge < -0.3 is 10.5 Å². The SMILES string of the molecule is CCOC(=O)CC(C)(N)c1cccc(C)c1. The summed E-state index contributed by atoms with van der Waals surface area (Å²) in [5.74, 6) is -0.256. The average Bonchev–Trinajstić information content (AvgIpc) is 2.17. The number of aryl methyl sites for hydroxylation is 1. The molecule has 0 saturated heterocycles. The van der Waals surface area contributed by atoms with Gasteiger partial charge in [-0.05, 0) is 26.3 Å². The Bertz CT molecular complexity index is 372. The first-order valence-corrected chi connectivity index (χ1v) is 5.47. The van der Waals surface area contributed by atoms with E-state index < -0.39 is 5.54 Å². The molecule has 1 rings (SSSR count). The van der Waals surface area contributed by atoms with Gasteiger partial charge in [-0.3, -0.25) is 4.79 Å². The Morgan fingerprint density at radius 1 is 1.50 bits per heavy atom. The van der Waals surface area contributed by atoms with Crippen molar-refractivity contribution >= 4 is 5.97 Å². The molecule has 2 N–H and O–H groups in total. The zero-order valence-corrected chi connectivity index (χ0v) is 10.1. The van der Waals surface area contributed by atoms with Crippen LogP contribution in [0.25, 0.3) is 0 Å². The van der Waals surface area contributed by atoms with E-state index >= 15 is 0 Å². The lowest BCUT2D eigenvalue weighted by Gasteiger charge is -2.24. The van der Waals surface area contributed by atoms with E-state index in [-0.39, 0.29) is 12.4 Å². The molecular formula is C13H19NO2. The third-order valence-corrected chi connectivity index (χ3v) is 2.49. The molecule has 0 radical (unpaired) electrons. The number of carbonyl (C=O) groups is 1. The minimum atomic E-state index is -0.668. The highest BCUT2D eigenvalue weighted by atomic mass is 16.5. The van der Waals surface area contributed by atoms with Gasteiger partial charge in [0, 0.05) is 5.54 Å². The molecule has 1 aromatic carbocycles. The van der Waals surface area contributed by atoms with Gasteiger partial charge in [0.25, 0.3) is 0 Å². The van der Waals surface area contributed by atoms with E-state index in [4.69, 9.17) is 10.5 Å². The molecule has 1 aromatic rings. The van der Waals surface area contributed by atoms with Gasteiger partial charge in [-0.2, -0.15) is 0 Å². The van der Waals surface area contributed by atoms with E-state index in [2.05, 4.69) is 0 Å². The van der Waals surface area contributed by atoms with Crippen molar-refractivity contribution < 1.29 is 9.53 Å². The monoisotopic (exact) mass is 221 g/mol. The molecule has 0 spiro atoms. The fourth-order valence-electron chi connectivity index (χ4n) is 1.61. The normalized spacial score (nSPS) is 14.2. The van der Waals surface area contributed by atoms with Crippen LogP contribution in [0.5, 0.6) is 0 Å². The van der Waals surface area contributed by atoms with Gasteiger partial charge in [0.15, 0.2) is 0 Å². The van der Waals surface area contributed by atoms with Gasteiger partial charge in [0.05, 0.1) is 13.0 Å². The minimum Gasteiger partial charge on any atom is -0.466 e. The molecule has 0 saturated carbocycles. The predicted molar refractivity (Wildman–Crippen MR) is 64.0 cm³/mol. The summed E-state index contributed by atoms with van der Waals surface area (Å²) < 4.78 is 4.91. The summed E-state index contributed by atoms with van der Waals surface area (Å²) in [6, 6.07) is 7.89. The second-order valence-corrected chi connectivity index (χ2v) is 4.27. The van der Waals surface area contributed by atoms with Crippen molar-refractivity contribution in [2.45, 2.75) is 32.7 Å². The van der Waals surface area contributed by atoms with Crippen LogP contribution in [-0.2, 0) is 15.1 Å². The van der Waals surface area contributed by atoms with Crippen LogP contribution >= 0.6 is 0 Å². The van der Waals surface area contributed by atoms with E-state index in [1.807, 2.05) is 38.1 Å². The van der Waals surface area contributed by atoms with Crippen LogP contribution in [0.4, 0.5) is 0 Å². The molecule has 1 unspecified atom stereocenters. The van der Waals surface area contributed by atoms with E-state index in [1.165, 1.54) is 0 Å². The first-order chi connectivity index (χ1) is 7.45. The van der Waals surface area contributed by atoms with Crippen LogP contribution in [0.2, 0.25) is 0 Å². The highest BCUT2D eigenvalue weighted by Crippen LogP contribution is 2.22. The molecule has 0 aromatic heterocycles. The number of carbonyl (C=O) groups excluding carboxylic acids is 1. The lowest BCUT2D eigenvalue weighted by Crippen LogP contribution is -2.36. The van der Waals surface area contributed by atoms with Crippen molar-refractivity contribution in [2.24, 2.45) is 5.73 Å². The van der Waals surface area contributed by atoms with Gasteiger partial charge in [-0.25, -0.2) is 0 Å². The van der Waals surface area contributed by atoms with Crippen LogP contribution in [0, 0.1) is 6.92 Å².